The molecule has 0 aromatic rings. The Labute approximate surface area is 76.1 Å². The van der Waals surface area contributed by atoms with Gasteiger partial charge in [0, 0.05) is 0 Å². The molecule has 1 saturated heterocycles. The van der Waals surface area contributed by atoms with E-state index in [-0.39, 0.29) is 0 Å². The second kappa shape index (κ2) is 3.02. The molecule has 1 heteroatoms. The highest BCUT2D eigenvalue weighted by molar-refractivity contribution is 4.97. The zero-order chi connectivity index (χ0) is 8.60. The molecule has 1 spiro atoms. The summed E-state index contributed by atoms with van der Waals surface area (Å²) in [5, 5.41) is 0. The summed E-state index contributed by atoms with van der Waals surface area (Å²) in [6, 6.07) is 0. The van der Waals surface area contributed by atoms with Crippen LogP contribution in [0.5, 0.6) is 0 Å². The summed E-state index contributed by atoms with van der Waals surface area (Å²) in [6.07, 6.45) is 7.41. The molecule has 1 heterocycles. The van der Waals surface area contributed by atoms with Crippen LogP contribution in [0.3, 0.4) is 0 Å². The van der Waals surface area contributed by atoms with Crippen molar-refractivity contribution in [2.45, 2.75) is 39.0 Å². The van der Waals surface area contributed by atoms with Gasteiger partial charge >= 0.3 is 0 Å². The number of hydrogen-bond acceptors (Lipinski definition) is 1. The fraction of sp³-hybridized carbons (Fsp3) is 1.00. The van der Waals surface area contributed by atoms with Gasteiger partial charge in [-0.3, -0.25) is 0 Å². The Morgan fingerprint density at radius 2 is 1.92 bits per heavy atom. The second-order valence-electron chi connectivity index (χ2n) is 4.81. The van der Waals surface area contributed by atoms with Gasteiger partial charge in [-0.05, 0) is 57.2 Å². The third kappa shape index (κ3) is 1.19. The quantitative estimate of drug-likeness (QED) is 0.580. The zero-order valence-electron chi connectivity index (χ0n) is 8.47. The van der Waals surface area contributed by atoms with Crippen LogP contribution in [0.4, 0.5) is 0 Å². The van der Waals surface area contributed by atoms with Gasteiger partial charge in [0.25, 0.3) is 0 Å². The molecule has 1 saturated carbocycles. The van der Waals surface area contributed by atoms with Crippen LogP contribution < -0.4 is 0 Å². The smallest absolute Gasteiger partial charge is 0.00164 e. The van der Waals surface area contributed by atoms with Crippen molar-refractivity contribution < 1.29 is 0 Å². The first-order valence-corrected chi connectivity index (χ1v) is 5.45. The molecule has 2 aliphatic rings. The van der Waals surface area contributed by atoms with E-state index in [2.05, 4.69) is 18.9 Å². The maximum atomic E-state index is 2.48. The predicted molar refractivity (Wildman–Crippen MR) is 52.2 cm³/mol. The molecule has 1 aliphatic carbocycles. The summed E-state index contributed by atoms with van der Waals surface area (Å²) in [6.45, 7) is 5.05. The molecule has 0 amide bonds. The largest absolute Gasteiger partial charge is 0.306 e. The monoisotopic (exact) mass is 167 g/mol. The van der Waals surface area contributed by atoms with Crippen molar-refractivity contribution in [3.8, 4) is 0 Å². The molecule has 1 aliphatic heterocycles. The minimum Gasteiger partial charge on any atom is -0.306 e. The van der Waals surface area contributed by atoms with Crippen LogP contribution in [0, 0.1) is 11.3 Å². The topological polar surface area (TPSA) is 3.24 Å². The van der Waals surface area contributed by atoms with Crippen LogP contribution in [0.25, 0.3) is 0 Å². The SMILES string of the molecule is CCC1CCC12CCN(C)CC2. The molecule has 0 N–H and O–H groups in total. The van der Waals surface area contributed by atoms with Crippen LogP contribution >= 0.6 is 0 Å². The summed E-state index contributed by atoms with van der Waals surface area (Å²) < 4.78 is 0. The lowest BCUT2D eigenvalue weighted by atomic mass is 9.55. The number of hydrogen-bond donors (Lipinski definition) is 0. The lowest BCUT2D eigenvalue weighted by molar-refractivity contribution is -0.0302. The summed E-state index contributed by atoms with van der Waals surface area (Å²) in [5.41, 5.74) is 0.807. The van der Waals surface area contributed by atoms with E-state index in [0.717, 1.165) is 11.3 Å². The van der Waals surface area contributed by atoms with Crippen molar-refractivity contribution in [3.63, 3.8) is 0 Å². The summed E-state index contributed by atoms with van der Waals surface area (Å²) in [7, 11) is 2.26. The van der Waals surface area contributed by atoms with E-state index in [1.165, 1.54) is 45.2 Å². The molecule has 2 fully saturated rings. The van der Waals surface area contributed by atoms with Crippen molar-refractivity contribution in [1.82, 2.24) is 4.90 Å². The van der Waals surface area contributed by atoms with Gasteiger partial charge in [-0.1, -0.05) is 13.3 Å². The molecule has 1 unspecified atom stereocenters. The first-order valence-electron chi connectivity index (χ1n) is 5.45. The zero-order valence-corrected chi connectivity index (χ0v) is 8.47. The van der Waals surface area contributed by atoms with E-state index in [1.807, 2.05) is 0 Å². The number of nitrogens with zero attached hydrogens (tertiary/aromatic N) is 1. The Kier molecular flexibility index (Phi) is 2.16. The molecule has 0 bridgehead atoms. The average molecular weight is 167 g/mol. The van der Waals surface area contributed by atoms with Gasteiger partial charge in [-0.2, -0.15) is 0 Å². The normalized spacial score (nSPS) is 35.0. The summed E-state index contributed by atoms with van der Waals surface area (Å²) in [4.78, 5) is 2.48. The molecule has 0 radical (unpaired) electrons. The van der Waals surface area contributed by atoms with Crippen LogP contribution in [0.1, 0.15) is 39.0 Å². The van der Waals surface area contributed by atoms with E-state index >= 15 is 0 Å². The lowest BCUT2D eigenvalue weighted by Gasteiger charge is -2.53. The van der Waals surface area contributed by atoms with Gasteiger partial charge in [0.15, 0.2) is 0 Å². The highest BCUT2D eigenvalue weighted by Gasteiger charge is 2.46. The third-order valence-electron chi connectivity index (χ3n) is 4.33. The summed E-state index contributed by atoms with van der Waals surface area (Å²) >= 11 is 0. The minimum atomic E-state index is 0.807. The van der Waals surface area contributed by atoms with E-state index in [1.54, 1.807) is 0 Å². The fourth-order valence-corrected chi connectivity index (χ4v) is 3.12. The predicted octanol–water partition coefficient (Wildman–Crippen LogP) is 2.52. The molecule has 1 atom stereocenters. The Morgan fingerprint density at radius 3 is 2.33 bits per heavy atom. The number of piperidine rings is 1. The van der Waals surface area contributed by atoms with Crippen LogP contribution in [0.15, 0.2) is 0 Å². The Bertz CT molecular complexity index is 154. The Morgan fingerprint density at radius 1 is 1.25 bits per heavy atom. The van der Waals surface area contributed by atoms with E-state index < -0.39 is 0 Å². The van der Waals surface area contributed by atoms with E-state index in [4.69, 9.17) is 0 Å². The van der Waals surface area contributed by atoms with E-state index in [0.29, 0.717) is 0 Å². The Balaban J connectivity index is 1.95. The molecule has 0 aromatic carbocycles. The molecule has 0 aromatic heterocycles. The molecule has 70 valence electrons. The lowest BCUT2D eigenvalue weighted by Crippen LogP contribution is -2.47. The van der Waals surface area contributed by atoms with Gasteiger partial charge in [0.2, 0.25) is 0 Å². The highest BCUT2D eigenvalue weighted by atomic mass is 15.1. The van der Waals surface area contributed by atoms with Crippen molar-refractivity contribution in [2.75, 3.05) is 20.1 Å². The summed E-state index contributed by atoms with van der Waals surface area (Å²) in [5.74, 6) is 1.08. The third-order valence-corrected chi connectivity index (χ3v) is 4.33. The van der Waals surface area contributed by atoms with Crippen molar-refractivity contribution in [2.24, 2.45) is 11.3 Å². The van der Waals surface area contributed by atoms with Crippen molar-refractivity contribution in [3.05, 3.63) is 0 Å². The fourth-order valence-electron chi connectivity index (χ4n) is 3.12. The second-order valence-corrected chi connectivity index (χ2v) is 4.81. The first-order chi connectivity index (χ1) is 5.77. The van der Waals surface area contributed by atoms with Gasteiger partial charge in [-0.15, -0.1) is 0 Å². The van der Waals surface area contributed by atoms with Gasteiger partial charge in [-0.25, -0.2) is 0 Å². The molecular formula is C11H21N. The van der Waals surface area contributed by atoms with Crippen LogP contribution in [-0.2, 0) is 0 Å². The van der Waals surface area contributed by atoms with Gasteiger partial charge < -0.3 is 4.90 Å². The standard InChI is InChI=1S/C11H21N/c1-3-10-4-5-11(10)6-8-12(2)9-7-11/h10H,3-9H2,1-2H3. The highest BCUT2D eigenvalue weighted by Crippen LogP contribution is 2.54. The maximum Gasteiger partial charge on any atom is -0.00164 e. The molecular weight excluding hydrogens is 146 g/mol. The van der Waals surface area contributed by atoms with Crippen molar-refractivity contribution in [1.29, 1.82) is 0 Å². The van der Waals surface area contributed by atoms with Gasteiger partial charge in [0.05, 0.1) is 0 Å². The average Bonchev–Trinajstić information content (AvgIpc) is 2.05. The molecule has 12 heavy (non-hydrogen) atoms. The maximum absolute atomic E-state index is 2.48. The number of likely N-dealkylation sites (tertiary alicyclic amines) is 1. The minimum absolute atomic E-state index is 0.807. The Hall–Kier alpha value is -0.0400. The first kappa shape index (κ1) is 8.55. The van der Waals surface area contributed by atoms with Crippen molar-refractivity contribution >= 4 is 0 Å². The van der Waals surface area contributed by atoms with E-state index in [9.17, 15) is 0 Å². The van der Waals surface area contributed by atoms with Crippen LogP contribution in [0.2, 0.25) is 0 Å². The molecule has 2 rings (SSSR count). The van der Waals surface area contributed by atoms with Gasteiger partial charge in [0.1, 0.15) is 0 Å². The number of rotatable bonds is 1. The van der Waals surface area contributed by atoms with Crippen LogP contribution in [-0.4, -0.2) is 25.0 Å². The molecule has 1 nitrogen and oxygen atoms in total.